The number of hydrogen-bond acceptors (Lipinski definition) is 3. The van der Waals surface area contributed by atoms with Crippen LogP contribution in [0.1, 0.15) is 20.8 Å². The monoisotopic (exact) mass is 261 g/mol. The Labute approximate surface area is 112 Å². The molecule has 102 valence electrons. The molecule has 0 radical (unpaired) electrons. The summed E-state index contributed by atoms with van der Waals surface area (Å²) in [4.78, 5) is 15.4. The summed E-state index contributed by atoms with van der Waals surface area (Å²) in [6.45, 7) is 5.14. The summed E-state index contributed by atoms with van der Waals surface area (Å²) in [6, 6.07) is 0. The van der Waals surface area contributed by atoms with Gasteiger partial charge in [0.1, 0.15) is 11.3 Å². The molecule has 0 bridgehead atoms. The number of nitrogens with two attached hydrogens (primary N) is 2. The van der Waals surface area contributed by atoms with Crippen molar-refractivity contribution in [3.8, 4) is 0 Å². The molecule has 1 rings (SSSR count). The van der Waals surface area contributed by atoms with Gasteiger partial charge in [-0.3, -0.25) is 4.79 Å². The quantitative estimate of drug-likeness (QED) is 0.531. The van der Waals surface area contributed by atoms with Crippen LogP contribution in [0.3, 0.4) is 0 Å². The zero-order chi connectivity index (χ0) is 14.6. The SMILES string of the molecule is CC(N)=C(C)C(N)=NC1=CC=CC(C)(C(=O)O)C=C1. The summed E-state index contributed by atoms with van der Waals surface area (Å²) in [7, 11) is 0. The molecule has 0 saturated carbocycles. The van der Waals surface area contributed by atoms with Gasteiger partial charge in [-0.2, -0.15) is 0 Å². The Balaban J connectivity index is 3.05. The van der Waals surface area contributed by atoms with E-state index in [2.05, 4.69) is 4.99 Å². The topological polar surface area (TPSA) is 102 Å². The molecule has 0 fully saturated rings. The first-order valence-corrected chi connectivity index (χ1v) is 5.86. The lowest BCUT2D eigenvalue weighted by molar-refractivity contribution is -0.142. The molecule has 0 aromatic rings. The number of hydrogen-bond donors (Lipinski definition) is 3. The van der Waals surface area contributed by atoms with Crippen molar-refractivity contribution in [2.75, 3.05) is 0 Å². The van der Waals surface area contributed by atoms with Crippen LogP contribution in [0.5, 0.6) is 0 Å². The average molecular weight is 261 g/mol. The second kappa shape index (κ2) is 5.56. The van der Waals surface area contributed by atoms with E-state index in [0.717, 1.165) is 0 Å². The first-order valence-electron chi connectivity index (χ1n) is 5.86. The summed E-state index contributed by atoms with van der Waals surface area (Å²) < 4.78 is 0. The van der Waals surface area contributed by atoms with E-state index in [1.165, 1.54) is 0 Å². The van der Waals surface area contributed by atoms with Crippen LogP contribution >= 0.6 is 0 Å². The summed E-state index contributed by atoms with van der Waals surface area (Å²) in [5.41, 5.74) is 12.3. The minimum absolute atomic E-state index is 0.322. The van der Waals surface area contributed by atoms with E-state index < -0.39 is 11.4 Å². The molecule has 0 aliphatic heterocycles. The minimum Gasteiger partial charge on any atom is -0.480 e. The largest absolute Gasteiger partial charge is 0.480 e. The molecule has 1 aliphatic carbocycles. The van der Waals surface area contributed by atoms with Crippen molar-refractivity contribution in [3.63, 3.8) is 0 Å². The van der Waals surface area contributed by atoms with Crippen molar-refractivity contribution in [3.05, 3.63) is 47.3 Å². The number of amidine groups is 1. The first-order chi connectivity index (χ1) is 8.76. The highest BCUT2D eigenvalue weighted by Gasteiger charge is 2.27. The second-order valence-corrected chi connectivity index (χ2v) is 4.68. The van der Waals surface area contributed by atoms with Gasteiger partial charge in [-0.15, -0.1) is 0 Å². The molecule has 1 atom stereocenters. The van der Waals surface area contributed by atoms with Crippen LogP contribution in [0, 0.1) is 5.41 Å². The third-order valence-electron chi connectivity index (χ3n) is 3.00. The minimum atomic E-state index is -1.03. The molecule has 0 heterocycles. The molecular formula is C14H19N3O2. The lowest BCUT2D eigenvalue weighted by Gasteiger charge is -2.14. The van der Waals surface area contributed by atoms with Crippen LogP contribution < -0.4 is 11.5 Å². The smallest absolute Gasteiger partial charge is 0.317 e. The van der Waals surface area contributed by atoms with E-state index in [1.807, 2.05) is 0 Å². The molecule has 1 aliphatic rings. The zero-order valence-electron chi connectivity index (χ0n) is 11.3. The molecule has 0 aromatic carbocycles. The Kier molecular flexibility index (Phi) is 4.32. The van der Waals surface area contributed by atoms with Crippen LogP contribution in [0.2, 0.25) is 0 Å². The first kappa shape index (κ1) is 14.8. The van der Waals surface area contributed by atoms with Crippen molar-refractivity contribution in [2.24, 2.45) is 21.9 Å². The number of nitrogens with zero attached hydrogens (tertiary/aromatic N) is 1. The van der Waals surface area contributed by atoms with Crippen LogP contribution in [0.4, 0.5) is 0 Å². The number of carbonyl (C=O) groups is 1. The highest BCUT2D eigenvalue weighted by atomic mass is 16.4. The lowest BCUT2D eigenvalue weighted by atomic mass is 9.90. The van der Waals surface area contributed by atoms with Crippen molar-refractivity contribution >= 4 is 11.8 Å². The van der Waals surface area contributed by atoms with E-state index in [9.17, 15) is 4.79 Å². The summed E-state index contributed by atoms with van der Waals surface area (Å²) >= 11 is 0. The molecule has 5 heteroatoms. The number of allylic oxidation sites excluding steroid dienone is 4. The number of rotatable bonds is 3. The van der Waals surface area contributed by atoms with E-state index in [0.29, 0.717) is 22.8 Å². The standard InChI is InChI=1S/C14H19N3O2/c1-9(10(2)15)12(16)17-11-5-4-7-14(3,8-6-11)13(18)19/h4-8H,15H2,1-3H3,(H2,16,17)(H,18,19). The Morgan fingerprint density at radius 2 is 1.95 bits per heavy atom. The van der Waals surface area contributed by atoms with Gasteiger partial charge in [0.2, 0.25) is 0 Å². The third kappa shape index (κ3) is 3.58. The molecule has 1 unspecified atom stereocenters. The lowest BCUT2D eigenvalue weighted by Crippen LogP contribution is -2.22. The van der Waals surface area contributed by atoms with E-state index >= 15 is 0 Å². The Bertz CT molecular complexity index is 535. The molecule has 5 nitrogen and oxygen atoms in total. The molecule has 0 amide bonds. The van der Waals surface area contributed by atoms with Crippen molar-refractivity contribution in [1.82, 2.24) is 0 Å². The predicted octanol–water partition coefficient (Wildman–Crippen LogP) is 1.70. The van der Waals surface area contributed by atoms with E-state index in [4.69, 9.17) is 16.6 Å². The Hall–Kier alpha value is -2.30. The molecular weight excluding hydrogens is 242 g/mol. The summed E-state index contributed by atoms with van der Waals surface area (Å²) in [5.74, 6) is -0.594. The van der Waals surface area contributed by atoms with Gasteiger partial charge in [-0.05, 0) is 32.9 Å². The number of carboxylic acid groups (broad SMARTS) is 1. The van der Waals surface area contributed by atoms with Gasteiger partial charge < -0.3 is 16.6 Å². The van der Waals surface area contributed by atoms with Crippen molar-refractivity contribution < 1.29 is 9.90 Å². The van der Waals surface area contributed by atoms with Gasteiger partial charge in [0.15, 0.2) is 0 Å². The maximum Gasteiger partial charge on any atom is 0.317 e. The average Bonchev–Trinajstić information content (AvgIpc) is 2.51. The van der Waals surface area contributed by atoms with Gasteiger partial charge in [0.05, 0.1) is 5.70 Å². The summed E-state index contributed by atoms with van der Waals surface area (Å²) in [6.07, 6.45) is 8.18. The predicted molar refractivity (Wildman–Crippen MR) is 76.3 cm³/mol. The maximum absolute atomic E-state index is 11.1. The fourth-order valence-corrected chi connectivity index (χ4v) is 1.36. The molecule has 19 heavy (non-hydrogen) atoms. The van der Waals surface area contributed by atoms with E-state index in [1.54, 1.807) is 51.2 Å². The van der Waals surface area contributed by atoms with Gasteiger partial charge in [-0.1, -0.05) is 18.2 Å². The normalized spacial score (nSPS) is 24.6. The molecule has 0 aromatic heterocycles. The van der Waals surface area contributed by atoms with Crippen LogP contribution in [-0.4, -0.2) is 16.9 Å². The summed E-state index contributed by atoms with van der Waals surface area (Å²) in [5, 5.41) is 9.14. The van der Waals surface area contributed by atoms with Crippen molar-refractivity contribution in [2.45, 2.75) is 20.8 Å². The maximum atomic E-state index is 11.1. The van der Waals surface area contributed by atoms with Crippen molar-refractivity contribution in [1.29, 1.82) is 0 Å². The van der Waals surface area contributed by atoms with E-state index in [-0.39, 0.29) is 0 Å². The Morgan fingerprint density at radius 3 is 2.47 bits per heavy atom. The molecule has 0 spiro atoms. The highest BCUT2D eigenvalue weighted by Crippen LogP contribution is 2.24. The van der Waals surface area contributed by atoms with Crippen LogP contribution in [0.15, 0.2) is 52.3 Å². The van der Waals surface area contributed by atoms with Crippen LogP contribution in [0.25, 0.3) is 0 Å². The second-order valence-electron chi connectivity index (χ2n) is 4.68. The fourth-order valence-electron chi connectivity index (χ4n) is 1.36. The van der Waals surface area contributed by atoms with Crippen LogP contribution in [-0.2, 0) is 4.79 Å². The van der Waals surface area contributed by atoms with Gasteiger partial charge in [0.25, 0.3) is 0 Å². The number of aliphatic imine (C=N–C) groups is 1. The van der Waals surface area contributed by atoms with Gasteiger partial charge in [0, 0.05) is 11.3 Å². The van der Waals surface area contributed by atoms with Gasteiger partial charge in [-0.25, -0.2) is 4.99 Å². The number of carboxylic acids is 1. The Morgan fingerprint density at radius 1 is 1.32 bits per heavy atom. The van der Waals surface area contributed by atoms with Gasteiger partial charge >= 0.3 is 5.97 Å². The third-order valence-corrected chi connectivity index (χ3v) is 3.00. The highest BCUT2D eigenvalue weighted by molar-refractivity contribution is 5.97. The molecule has 5 N–H and O–H groups in total. The molecule has 0 saturated heterocycles. The fraction of sp³-hybridized carbons (Fsp3) is 0.286. The number of aliphatic carboxylic acids is 1. The zero-order valence-corrected chi connectivity index (χ0v) is 11.3.